The molecular weight excluding hydrogens is 392 g/mol. The third-order valence-corrected chi connectivity index (χ3v) is 10.1. The molecule has 178 valence electrons. The summed E-state index contributed by atoms with van der Waals surface area (Å²) in [4.78, 5) is 13.2. The Morgan fingerprint density at radius 2 is 1.81 bits per heavy atom. The van der Waals surface area contributed by atoms with Crippen LogP contribution in [0, 0.1) is 35.0 Å². The molecule has 0 heterocycles. The normalized spacial score (nSPS) is 37.9. The summed E-state index contributed by atoms with van der Waals surface area (Å²) in [6, 6.07) is 8.32. The molecule has 0 bridgehead atoms. The number of hydrogen-bond acceptors (Lipinski definition) is 2. The first-order valence-corrected chi connectivity index (χ1v) is 13.6. The molecule has 1 aromatic rings. The molecule has 3 saturated carbocycles. The zero-order valence-electron chi connectivity index (χ0n) is 21.0. The summed E-state index contributed by atoms with van der Waals surface area (Å²) in [6.45, 7) is 8.96. The predicted octanol–water partition coefficient (Wildman–Crippen LogP) is 7.62. The highest BCUT2D eigenvalue weighted by molar-refractivity contribution is 5.97. The van der Waals surface area contributed by atoms with Gasteiger partial charge in [0.15, 0.2) is 5.78 Å². The minimum Gasteiger partial charge on any atom is -0.390 e. The molecule has 3 aliphatic carbocycles. The monoisotopic (exact) mass is 438 g/mol. The van der Waals surface area contributed by atoms with Crippen LogP contribution >= 0.6 is 0 Å². The average molecular weight is 439 g/mol. The minimum atomic E-state index is -0.449. The zero-order valence-corrected chi connectivity index (χ0v) is 21.0. The Morgan fingerprint density at radius 1 is 1.06 bits per heavy atom. The lowest BCUT2D eigenvalue weighted by Crippen LogP contribution is -2.53. The van der Waals surface area contributed by atoms with Crippen molar-refractivity contribution in [3.8, 4) is 0 Å². The molecule has 0 radical (unpaired) electrons. The molecule has 0 spiro atoms. The van der Waals surface area contributed by atoms with Crippen molar-refractivity contribution in [1.29, 1.82) is 0 Å². The van der Waals surface area contributed by atoms with E-state index in [0.29, 0.717) is 17.1 Å². The van der Waals surface area contributed by atoms with E-state index in [-0.39, 0.29) is 5.92 Å². The van der Waals surface area contributed by atoms with E-state index in [0.717, 1.165) is 55.4 Å². The molecule has 0 unspecified atom stereocenters. The number of hydrogen-bond donors (Lipinski definition) is 1. The van der Waals surface area contributed by atoms with Gasteiger partial charge in [-0.1, -0.05) is 57.9 Å². The second-order valence-electron chi connectivity index (χ2n) is 12.0. The second-order valence-corrected chi connectivity index (χ2v) is 12.0. The van der Waals surface area contributed by atoms with Crippen LogP contribution in [0.3, 0.4) is 0 Å². The summed E-state index contributed by atoms with van der Waals surface area (Å²) in [5.74, 6) is 3.67. The molecule has 2 heteroatoms. The van der Waals surface area contributed by atoms with Crippen LogP contribution in [0.25, 0.3) is 0 Å². The van der Waals surface area contributed by atoms with Gasteiger partial charge < -0.3 is 5.11 Å². The number of aryl methyl sites for hydroxylation is 1. The van der Waals surface area contributed by atoms with Gasteiger partial charge in [0.25, 0.3) is 0 Å². The van der Waals surface area contributed by atoms with Crippen LogP contribution in [0.15, 0.2) is 24.3 Å². The lowest BCUT2D eigenvalue weighted by atomic mass is 9.46. The van der Waals surface area contributed by atoms with E-state index in [1.165, 1.54) is 50.5 Å². The first-order valence-electron chi connectivity index (χ1n) is 13.6. The number of fused-ring (bicyclic) bond motifs is 3. The van der Waals surface area contributed by atoms with Gasteiger partial charge in [0.05, 0.1) is 5.60 Å². The third-order valence-electron chi connectivity index (χ3n) is 10.1. The average Bonchev–Trinajstić information content (AvgIpc) is 2.80. The van der Waals surface area contributed by atoms with E-state index in [2.05, 4.69) is 39.8 Å². The van der Waals surface area contributed by atoms with Gasteiger partial charge in [-0.15, -0.1) is 0 Å². The highest BCUT2D eigenvalue weighted by atomic mass is 16.3. The third kappa shape index (κ3) is 4.72. The molecule has 3 fully saturated rings. The Labute approximate surface area is 196 Å². The lowest BCUT2D eigenvalue weighted by Gasteiger charge is -2.59. The first kappa shape index (κ1) is 24.0. The van der Waals surface area contributed by atoms with Crippen molar-refractivity contribution in [1.82, 2.24) is 0 Å². The number of benzene rings is 1. The van der Waals surface area contributed by atoms with Gasteiger partial charge in [0.1, 0.15) is 0 Å². The zero-order chi connectivity index (χ0) is 22.9. The Kier molecular flexibility index (Phi) is 7.20. The molecule has 1 aromatic carbocycles. The van der Waals surface area contributed by atoms with Crippen molar-refractivity contribution in [3.05, 3.63) is 35.4 Å². The standard InChI is InChI=1S/C30H46O2/c1-5-21-10-12-24(13-11-21)28(31)22(6-2)14-15-23-8-7-9-27-26(23)17-16-25-20-29(3,32)18-19-30(25,27)4/h10-13,22-23,25-27,32H,5-9,14-20H2,1-4H3/t22-,23+,25-,26+,27+,29-,30+/m1/s1. The predicted molar refractivity (Wildman–Crippen MR) is 133 cm³/mol. The number of carbonyl (C=O) groups is 1. The lowest BCUT2D eigenvalue weighted by molar-refractivity contribution is -0.128. The minimum absolute atomic E-state index is 0.166. The van der Waals surface area contributed by atoms with E-state index < -0.39 is 5.60 Å². The maximum Gasteiger partial charge on any atom is 0.165 e. The number of aliphatic hydroxyl groups is 1. The van der Waals surface area contributed by atoms with Gasteiger partial charge in [0, 0.05) is 11.5 Å². The van der Waals surface area contributed by atoms with E-state index in [1.54, 1.807) is 0 Å². The smallest absolute Gasteiger partial charge is 0.165 e. The molecule has 0 aromatic heterocycles. The molecule has 1 N–H and O–H groups in total. The summed E-state index contributed by atoms with van der Waals surface area (Å²) in [5.41, 5.74) is 2.17. The topological polar surface area (TPSA) is 37.3 Å². The van der Waals surface area contributed by atoms with Crippen LogP contribution in [0.4, 0.5) is 0 Å². The van der Waals surface area contributed by atoms with Gasteiger partial charge in [-0.25, -0.2) is 0 Å². The van der Waals surface area contributed by atoms with Crippen molar-refractivity contribution < 1.29 is 9.90 Å². The van der Waals surface area contributed by atoms with Gasteiger partial charge in [-0.3, -0.25) is 4.79 Å². The first-order chi connectivity index (χ1) is 15.3. The van der Waals surface area contributed by atoms with Crippen LogP contribution in [0.1, 0.15) is 114 Å². The SMILES string of the molecule is CCc1ccc(C(=O)[C@H](CC)CC[C@@H]2CCC[C@H]3[C@H]2CC[C@@H]2C[C@](C)(O)CC[C@@]23C)cc1. The van der Waals surface area contributed by atoms with Crippen LogP contribution in [-0.2, 0) is 6.42 Å². The molecule has 3 aliphatic rings. The number of Topliss-reactive ketones (excluding diaryl/α,β-unsaturated/α-hetero) is 1. The molecular formula is C30H46O2. The summed E-state index contributed by atoms with van der Waals surface area (Å²) in [6.07, 6.45) is 14.1. The highest BCUT2D eigenvalue weighted by Crippen LogP contribution is 2.61. The van der Waals surface area contributed by atoms with Gasteiger partial charge in [0.2, 0.25) is 0 Å². The molecule has 0 amide bonds. The summed E-state index contributed by atoms with van der Waals surface area (Å²) in [7, 11) is 0. The van der Waals surface area contributed by atoms with Crippen molar-refractivity contribution >= 4 is 5.78 Å². The fourth-order valence-corrected chi connectivity index (χ4v) is 7.97. The highest BCUT2D eigenvalue weighted by Gasteiger charge is 2.54. The van der Waals surface area contributed by atoms with Crippen LogP contribution < -0.4 is 0 Å². The molecule has 4 rings (SSSR count). The van der Waals surface area contributed by atoms with Crippen LogP contribution in [0.5, 0.6) is 0 Å². The Hall–Kier alpha value is -1.15. The Morgan fingerprint density at radius 3 is 2.50 bits per heavy atom. The van der Waals surface area contributed by atoms with Crippen molar-refractivity contribution in [2.24, 2.45) is 35.0 Å². The van der Waals surface area contributed by atoms with Gasteiger partial charge in [-0.2, -0.15) is 0 Å². The Balaban J connectivity index is 1.40. The van der Waals surface area contributed by atoms with Crippen molar-refractivity contribution in [2.45, 2.75) is 110 Å². The molecule has 2 nitrogen and oxygen atoms in total. The number of rotatable bonds is 7. The van der Waals surface area contributed by atoms with Crippen LogP contribution in [0.2, 0.25) is 0 Å². The summed E-state index contributed by atoms with van der Waals surface area (Å²) >= 11 is 0. The van der Waals surface area contributed by atoms with E-state index >= 15 is 0 Å². The maximum atomic E-state index is 13.2. The Bertz CT molecular complexity index is 779. The van der Waals surface area contributed by atoms with Gasteiger partial charge in [-0.05, 0) is 106 Å². The molecule has 0 aliphatic heterocycles. The van der Waals surface area contributed by atoms with Gasteiger partial charge >= 0.3 is 0 Å². The van der Waals surface area contributed by atoms with Crippen molar-refractivity contribution in [3.63, 3.8) is 0 Å². The fraction of sp³-hybridized carbons (Fsp3) is 0.767. The summed E-state index contributed by atoms with van der Waals surface area (Å²) < 4.78 is 0. The van der Waals surface area contributed by atoms with E-state index in [4.69, 9.17) is 0 Å². The largest absolute Gasteiger partial charge is 0.390 e. The van der Waals surface area contributed by atoms with E-state index in [9.17, 15) is 9.90 Å². The summed E-state index contributed by atoms with van der Waals surface area (Å²) in [5, 5.41) is 10.7. The quantitative estimate of drug-likeness (QED) is 0.444. The van der Waals surface area contributed by atoms with Crippen molar-refractivity contribution in [2.75, 3.05) is 0 Å². The molecule has 7 atom stereocenters. The van der Waals surface area contributed by atoms with Crippen LogP contribution in [-0.4, -0.2) is 16.5 Å². The van der Waals surface area contributed by atoms with E-state index in [1.807, 2.05) is 12.1 Å². The molecule has 0 saturated heterocycles. The molecule has 32 heavy (non-hydrogen) atoms. The number of ketones is 1. The number of carbonyl (C=O) groups excluding carboxylic acids is 1. The second kappa shape index (κ2) is 9.61. The maximum absolute atomic E-state index is 13.2. The fourth-order valence-electron chi connectivity index (χ4n) is 7.97.